The summed E-state index contributed by atoms with van der Waals surface area (Å²) in [6.45, 7) is 1.46. The summed E-state index contributed by atoms with van der Waals surface area (Å²) >= 11 is 0. The molecule has 0 bridgehead atoms. The predicted molar refractivity (Wildman–Crippen MR) is 223 cm³/mol. The highest BCUT2D eigenvalue weighted by molar-refractivity contribution is 6.38. The molecule has 5 rings (SSSR count). The van der Waals surface area contributed by atoms with E-state index < -0.39 is 95.8 Å². The maximum atomic E-state index is 14.8. The third kappa shape index (κ3) is 12.9. The number of hydrogen-bond acceptors (Lipinski definition) is 9. The third-order valence-electron chi connectivity index (χ3n) is 12.1. The number of nitrogens with zero attached hydrogens (tertiary/aromatic N) is 1. The largest absolute Gasteiger partial charge is 0.481 e. The number of carbonyl (C=O) groups is 8. The molecule has 0 spiro atoms. The second-order valence-electron chi connectivity index (χ2n) is 16.4. The van der Waals surface area contributed by atoms with E-state index in [9.17, 15) is 43.5 Å². The molecule has 2 aliphatic carbocycles. The van der Waals surface area contributed by atoms with Crippen LogP contribution in [0.3, 0.4) is 0 Å². The minimum Gasteiger partial charge on any atom is -0.481 e. The lowest BCUT2D eigenvalue weighted by Crippen LogP contribution is -2.59. The predicted octanol–water partition coefficient (Wildman–Crippen LogP) is 2.83. The van der Waals surface area contributed by atoms with Crippen LogP contribution in [-0.4, -0.2) is 94.5 Å². The average Bonchev–Trinajstić information content (AvgIpc) is 3.72. The van der Waals surface area contributed by atoms with Crippen LogP contribution < -0.4 is 27.0 Å². The zero-order valence-corrected chi connectivity index (χ0v) is 34.9. The quantitative estimate of drug-likeness (QED) is 0.107. The summed E-state index contributed by atoms with van der Waals surface area (Å²) in [5, 5.41) is 20.4. The van der Waals surface area contributed by atoms with Crippen molar-refractivity contribution in [2.24, 2.45) is 23.5 Å². The van der Waals surface area contributed by atoms with Gasteiger partial charge in [0.15, 0.2) is 0 Å². The zero-order chi connectivity index (χ0) is 43.9. The first-order chi connectivity index (χ1) is 29.4. The topological polar surface area (TPSA) is 243 Å². The summed E-state index contributed by atoms with van der Waals surface area (Å²) < 4.78 is 6.25. The van der Waals surface area contributed by atoms with Crippen LogP contribution in [0.25, 0.3) is 0 Å². The highest BCUT2D eigenvalue weighted by Crippen LogP contribution is 2.33. The Morgan fingerprint density at radius 1 is 0.803 bits per heavy atom. The number of hydrogen-bond donors (Lipinski definition) is 6. The Morgan fingerprint density at radius 3 is 2.08 bits per heavy atom. The van der Waals surface area contributed by atoms with Crippen molar-refractivity contribution in [2.75, 3.05) is 13.1 Å². The molecule has 7 atom stereocenters. The number of Topliss-reactive ketones (excluding diaryl/α,β-unsaturated/α-hetero) is 1. The molecule has 2 aromatic carbocycles. The Balaban J connectivity index is 1.33. The molecule has 6 amide bonds. The average molecular weight is 845 g/mol. The van der Waals surface area contributed by atoms with Gasteiger partial charge in [-0.3, -0.25) is 38.4 Å². The molecule has 330 valence electrons. The number of carboxylic acid groups (broad SMARTS) is 1. The fraction of sp³-hybridized carbons (Fsp3) is 0.556. The summed E-state index contributed by atoms with van der Waals surface area (Å²) in [6.07, 6.45) is 6.85. The monoisotopic (exact) mass is 844 g/mol. The van der Waals surface area contributed by atoms with Gasteiger partial charge in [0.2, 0.25) is 35.3 Å². The van der Waals surface area contributed by atoms with Gasteiger partial charge in [-0.2, -0.15) is 0 Å². The number of carbonyl (C=O) groups excluding carboxylic acids is 7. The smallest absolute Gasteiger partial charge is 0.307 e. The molecule has 3 aliphatic rings. The number of rotatable bonds is 20. The third-order valence-corrected chi connectivity index (χ3v) is 12.1. The summed E-state index contributed by atoms with van der Waals surface area (Å²) in [6, 6.07) is 13.1. The number of nitrogens with two attached hydrogens (primary N) is 1. The van der Waals surface area contributed by atoms with E-state index in [1.54, 1.807) is 30.3 Å². The number of likely N-dealkylation sites (tertiary alicyclic amines) is 1. The molecule has 0 radical (unpaired) electrons. The SMILES string of the molecule is CCCCC(NC(=O)[C@@H]1C[C@@H](OCc2ccccc2)CN1C(=O)C(NC(=O)C1CCCC[C@H]1C(=O)O)C1CCCCC1)C(=O)C(=O)NCC(=O)NC(C(N)=O)c1ccccc1. The molecule has 1 heterocycles. The van der Waals surface area contributed by atoms with Crippen LogP contribution in [0.4, 0.5) is 0 Å². The molecule has 1 saturated heterocycles. The van der Waals surface area contributed by atoms with Gasteiger partial charge in [-0.1, -0.05) is 113 Å². The molecule has 2 saturated carbocycles. The molecular weight excluding hydrogens is 785 g/mol. The van der Waals surface area contributed by atoms with E-state index in [-0.39, 0.29) is 31.9 Å². The zero-order valence-electron chi connectivity index (χ0n) is 34.9. The van der Waals surface area contributed by atoms with Crippen molar-refractivity contribution in [3.05, 3.63) is 71.8 Å². The van der Waals surface area contributed by atoms with Gasteiger partial charge in [0.05, 0.1) is 37.1 Å². The van der Waals surface area contributed by atoms with E-state index in [4.69, 9.17) is 10.5 Å². The maximum Gasteiger partial charge on any atom is 0.307 e. The van der Waals surface area contributed by atoms with Crippen LogP contribution >= 0.6 is 0 Å². The molecule has 61 heavy (non-hydrogen) atoms. The minimum atomic E-state index is -1.30. The molecule has 3 fully saturated rings. The van der Waals surface area contributed by atoms with E-state index in [0.29, 0.717) is 56.9 Å². The van der Waals surface area contributed by atoms with Crippen molar-refractivity contribution in [3.63, 3.8) is 0 Å². The van der Waals surface area contributed by atoms with Crippen molar-refractivity contribution in [3.8, 4) is 0 Å². The van der Waals surface area contributed by atoms with Crippen molar-refractivity contribution in [2.45, 2.75) is 127 Å². The summed E-state index contributed by atoms with van der Waals surface area (Å²) in [7, 11) is 0. The van der Waals surface area contributed by atoms with Gasteiger partial charge < -0.3 is 41.7 Å². The second kappa shape index (κ2) is 22.8. The number of benzene rings is 2. The Labute approximate surface area is 356 Å². The van der Waals surface area contributed by atoms with Crippen LogP contribution in [0, 0.1) is 17.8 Å². The fourth-order valence-corrected chi connectivity index (χ4v) is 8.75. The van der Waals surface area contributed by atoms with Crippen LogP contribution in [0.1, 0.15) is 108 Å². The summed E-state index contributed by atoms with van der Waals surface area (Å²) in [5.74, 6) is -8.30. The van der Waals surface area contributed by atoms with Gasteiger partial charge in [-0.15, -0.1) is 0 Å². The van der Waals surface area contributed by atoms with E-state index >= 15 is 0 Å². The van der Waals surface area contributed by atoms with Crippen LogP contribution in [0.5, 0.6) is 0 Å². The maximum absolute atomic E-state index is 14.8. The first kappa shape index (κ1) is 46.4. The first-order valence-electron chi connectivity index (χ1n) is 21.6. The van der Waals surface area contributed by atoms with Gasteiger partial charge in [0.1, 0.15) is 18.1 Å². The number of unbranched alkanes of at least 4 members (excludes halogenated alkanes) is 1. The highest BCUT2D eigenvalue weighted by Gasteiger charge is 2.46. The molecule has 1 aliphatic heterocycles. The fourth-order valence-electron chi connectivity index (χ4n) is 8.75. The second-order valence-corrected chi connectivity index (χ2v) is 16.4. The summed E-state index contributed by atoms with van der Waals surface area (Å²) in [4.78, 5) is 108. The van der Waals surface area contributed by atoms with E-state index in [1.165, 1.54) is 4.90 Å². The minimum absolute atomic E-state index is 0.0163. The normalized spacial score (nSPS) is 21.9. The molecule has 16 nitrogen and oxygen atoms in total. The van der Waals surface area contributed by atoms with Gasteiger partial charge >= 0.3 is 5.97 Å². The van der Waals surface area contributed by atoms with Crippen molar-refractivity contribution in [1.29, 1.82) is 0 Å². The van der Waals surface area contributed by atoms with E-state index in [1.807, 2.05) is 37.3 Å². The van der Waals surface area contributed by atoms with Gasteiger partial charge in [0, 0.05) is 13.0 Å². The lowest BCUT2D eigenvalue weighted by Gasteiger charge is -2.36. The van der Waals surface area contributed by atoms with Crippen molar-refractivity contribution >= 4 is 47.2 Å². The molecule has 16 heteroatoms. The lowest BCUT2D eigenvalue weighted by molar-refractivity contribution is -0.150. The Hall–Kier alpha value is -5.64. The number of aliphatic carboxylic acids is 1. The molecule has 7 N–H and O–H groups in total. The van der Waals surface area contributed by atoms with Gasteiger partial charge in [-0.05, 0) is 49.1 Å². The Bertz CT molecular complexity index is 1860. The van der Waals surface area contributed by atoms with Gasteiger partial charge in [-0.25, -0.2) is 0 Å². The van der Waals surface area contributed by atoms with Gasteiger partial charge in [0.25, 0.3) is 5.91 Å². The molecule has 4 unspecified atom stereocenters. The molecule has 2 aromatic rings. The standard InChI is InChI=1S/C45H60N6O10/c1-2-3-23-34(39(53)43(57)47-25-36(52)49-37(40(46)54)29-17-9-5-10-18-29)48-42(56)35-24-31(61-27-28-15-7-4-8-16-28)26-51(35)44(58)38(30-19-11-6-12-20-30)50-41(55)32-21-13-14-22-33(32)45(59)60/h4-5,7-10,15-18,30-35,37-38H,2-3,6,11-14,19-27H2,1H3,(H2,46,54)(H,47,57)(H,48,56)(H,49,52)(H,50,55)(H,59,60)/t31-,32?,33-,34?,35+,37?,38?/m1/s1. The lowest BCUT2D eigenvalue weighted by atomic mass is 9.78. The van der Waals surface area contributed by atoms with Crippen LogP contribution in [0.2, 0.25) is 0 Å². The molecule has 0 aromatic heterocycles. The number of ether oxygens (including phenoxy) is 1. The number of carboxylic acids is 1. The van der Waals surface area contributed by atoms with Crippen LogP contribution in [-0.2, 0) is 49.7 Å². The molecular formula is C45H60N6O10. The van der Waals surface area contributed by atoms with Crippen molar-refractivity contribution < 1.29 is 48.2 Å². The van der Waals surface area contributed by atoms with Crippen molar-refractivity contribution in [1.82, 2.24) is 26.2 Å². The van der Waals surface area contributed by atoms with E-state index in [0.717, 1.165) is 24.8 Å². The number of ketones is 1. The first-order valence-corrected chi connectivity index (χ1v) is 21.6. The Morgan fingerprint density at radius 2 is 1.44 bits per heavy atom. The number of amides is 6. The van der Waals surface area contributed by atoms with Crippen LogP contribution in [0.15, 0.2) is 60.7 Å². The number of primary amides is 1. The number of nitrogens with one attached hydrogen (secondary N) is 4. The highest BCUT2D eigenvalue weighted by atomic mass is 16.5. The Kier molecular flexibility index (Phi) is 17.4. The van der Waals surface area contributed by atoms with E-state index in [2.05, 4.69) is 21.3 Å². The summed E-state index contributed by atoms with van der Waals surface area (Å²) in [5.41, 5.74) is 6.82.